The van der Waals surface area contributed by atoms with E-state index < -0.39 is 0 Å². The number of fused-ring (bicyclic) bond motifs is 2. The summed E-state index contributed by atoms with van der Waals surface area (Å²) in [7, 11) is 0. The van der Waals surface area contributed by atoms with Gasteiger partial charge in [-0.2, -0.15) is 0 Å². The molecule has 0 aliphatic carbocycles. The maximum Gasteiger partial charge on any atom is 0.169 e. The van der Waals surface area contributed by atoms with E-state index in [0.29, 0.717) is 0 Å². The fraction of sp³-hybridized carbons (Fsp3) is 0.154. The monoisotopic (exact) mass is 526 g/mol. The maximum absolute atomic E-state index is 5.15. The zero-order valence-electron chi connectivity index (χ0n) is 18.2. The van der Waals surface area contributed by atoms with E-state index >= 15 is 0 Å². The van der Waals surface area contributed by atoms with Gasteiger partial charge < -0.3 is 10.2 Å². The molecular weight excluding hydrogens is 503 g/mol. The summed E-state index contributed by atoms with van der Waals surface area (Å²) < 4.78 is 0. The number of para-hydroxylation sites is 1. The molecule has 174 valence electrons. The van der Waals surface area contributed by atoms with Crippen LogP contribution < -0.4 is 5.32 Å². The Kier molecular flexibility index (Phi) is 7.94. The Morgan fingerprint density at radius 2 is 1.56 bits per heavy atom. The predicted molar refractivity (Wildman–Crippen MR) is 151 cm³/mol. The van der Waals surface area contributed by atoms with Gasteiger partial charge in [-0.15, -0.1) is 24.8 Å². The lowest BCUT2D eigenvalue weighted by atomic mass is 9.93. The van der Waals surface area contributed by atoms with Gasteiger partial charge in [0, 0.05) is 18.0 Å². The molecule has 4 nitrogen and oxygen atoms in total. The van der Waals surface area contributed by atoms with Gasteiger partial charge >= 0.3 is 0 Å². The van der Waals surface area contributed by atoms with Gasteiger partial charge in [-0.25, -0.2) is 4.99 Å². The largest absolute Gasteiger partial charge is 0.360 e. The molecular formula is C26H24Cl2N4S2. The van der Waals surface area contributed by atoms with Crippen LogP contribution in [0.4, 0.5) is 5.69 Å². The zero-order valence-corrected chi connectivity index (χ0v) is 21.5. The van der Waals surface area contributed by atoms with Crippen LogP contribution >= 0.6 is 48.3 Å². The SMILES string of the molecule is C1=C(CSC2=Nc3ccccc3CN2)N2C(=N[C@@H](c3ccccc3)[C@@H]2c2ccccc2)S1.Cl.Cl. The summed E-state index contributed by atoms with van der Waals surface area (Å²) in [6.07, 6.45) is 0. The topological polar surface area (TPSA) is 40.0 Å². The highest BCUT2D eigenvalue weighted by Gasteiger charge is 2.42. The Morgan fingerprint density at radius 3 is 2.32 bits per heavy atom. The molecule has 3 aliphatic rings. The number of hydrogen-bond donors (Lipinski definition) is 1. The Balaban J connectivity index is 0.00000137. The molecule has 0 radical (unpaired) electrons. The number of hydrogen-bond acceptors (Lipinski definition) is 6. The molecule has 0 saturated carbocycles. The van der Waals surface area contributed by atoms with Crippen molar-refractivity contribution >= 4 is 64.4 Å². The van der Waals surface area contributed by atoms with Crippen molar-refractivity contribution in [2.75, 3.05) is 5.75 Å². The van der Waals surface area contributed by atoms with Gasteiger partial charge in [0.05, 0.1) is 11.7 Å². The molecule has 3 aliphatic heterocycles. The van der Waals surface area contributed by atoms with E-state index in [-0.39, 0.29) is 36.9 Å². The third-order valence-electron chi connectivity index (χ3n) is 5.93. The second kappa shape index (κ2) is 10.9. The summed E-state index contributed by atoms with van der Waals surface area (Å²) in [5, 5.41) is 7.79. The first kappa shape index (κ1) is 24.7. The molecule has 1 N–H and O–H groups in total. The second-order valence-electron chi connectivity index (χ2n) is 7.91. The summed E-state index contributed by atoms with van der Waals surface area (Å²) in [5.74, 6) is 0.852. The highest BCUT2D eigenvalue weighted by atomic mass is 35.5. The van der Waals surface area contributed by atoms with Crippen LogP contribution in [0.25, 0.3) is 0 Å². The van der Waals surface area contributed by atoms with Crippen molar-refractivity contribution in [2.45, 2.75) is 18.6 Å². The second-order valence-corrected chi connectivity index (χ2v) is 9.71. The molecule has 34 heavy (non-hydrogen) atoms. The smallest absolute Gasteiger partial charge is 0.169 e. The fourth-order valence-electron chi connectivity index (χ4n) is 4.39. The van der Waals surface area contributed by atoms with E-state index in [2.05, 4.69) is 94.5 Å². The molecule has 0 aromatic heterocycles. The van der Waals surface area contributed by atoms with E-state index in [0.717, 1.165) is 28.3 Å². The molecule has 0 unspecified atom stereocenters. The minimum Gasteiger partial charge on any atom is -0.360 e. The van der Waals surface area contributed by atoms with Crippen LogP contribution in [0.5, 0.6) is 0 Å². The normalized spacial score (nSPS) is 20.0. The van der Waals surface area contributed by atoms with E-state index in [1.807, 2.05) is 6.07 Å². The van der Waals surface area contributed by atoms with Crippen LogP contribution in [0, 0.1) is 0 Å². The first-order chi connectivity index (χ1) is 15.9. The third kappa shape index (κ3) is 4.73. The van der Waals surface area contributed by atoms with Crippen molar-refractivity contribution in [3.8, 4) is 0 Å². The lowest BCUT2D eigenvalue weighted by Crippen LogP contribution is -2.29. The summed E-state index contributed by atoms with van der Waals surface area (Å²) in [5.41, 5.74) is 6.15. The number of nitrogens with one attached hydrogen (secondary N) is 1. The van der Waals surface area contributed by atoms with Crippen LogP contribution in [0.2, 0.25) is 0 Å². The van der Waals surface area contributed by atoms with Crippen molar-refractivity contribution < 1.29 is 0 Å². The van der Waals surface area contributed by atoms with E-state index in [1.54, 1.807) is 23.5 Å². The molecule has 3 heterocycles. The minimum absolute atomic E-state index is 0. The molecule has 6 rings (SSSR count). The summed E-state index contributed by atoms with van der Waals surface area (Å²) in [4.78, 5) is 12.4. The van der Waals surface area contributed by atoms with Crippen molar-refractivity contribution in [2.24, 2.45) is 9.98 Å². The van der Waals surface area contributed by atoms with Crippen LogP contribution in [-0.4, -0.2) is 21.0 Å². The molecule has 3 aromatic carbocycles. The van der Waals surface area contributed by atoms with Gasteiger partial charge in [0.1, 0.15) is 6.04 Å². The van der Waals surface area contributed by atoms with Crippen molar-refractivity contribution in [3.63, 3.8) is 0 Å². The Hall–Kier alpha value is -2.38. The quantitative estimate of drug-likeness (QED) is 0.393. The van der Waals surface area contributed by atoms with Gasteiger partial charge in [-0.3, -0.25) is 4.99 Å². The zero-order chi connectivity index (χ0) is 21.3. The number of amidine groups is 2. The van der Waals surface area contributed by atoms with Gasteiger partial charge in [-0.1, -0.05) is 102 Å². The number of benzene rings is 3. The molecule has 8 heteroatoms. The van der Waals surface area contributed by atoms with Gasteiger partial charge in [0.15, 0.2) is 10.3 Å². The molecule has 0 amide bonds. The first-order valence-corrected chi connectivity index (χ1v) is 12.6. The molecule has 0 spiro atoms. The summed E-state index contributed by atoms with van der Waals surface area (Å²) >= 11 is 3.50. The number of thioether (sulfide) groups is 2. The predicted octanol–water partition coefficient (Wildman–Crippen LogP) is 7.10. The molecule has 2 atom stereocenters. The van der Waals surface area contributed by atoms with Gasteiger partial charge in [0.2, 0.25) is 0 Å². The number of halogens is 2. The Bertz CT molecular complexity index is 1230. The molecule has 0 fully saturated rings. The first-order valence-electron chi connectivity index (χ1n) is 10.7. The fourth-order valence-corrected chi connectivity index (χ4v) is 6.29. The van der Waals surface area contributed by atoms with E-state index in [4.69, 9.17) is 9.98 Å². The molecule has 3 aromatic rings. The van der Waals surface area contributed by atoms with Crippen molar-refractivity contribution in [1.82, 2.24) is 10.2 Å². The summed E-state index contributed by atoms with van der Waals surface area (Å²) in [6.45, 7) is 0.828. The average molecular weight is 528 g/mol. The van der Waals surface area contributed by atoms with E-state index in [1.165, 1.54) is 22.4 Å². The highest BCUT2D eigenvalue weighted by molar-refractivity contribution is 8.17. The lowest BCUT2D eigenvalue weighted by molar-refractivity contribution is 0.379. The van der Waals surface area contributed by atoms with Crippen LogP contribution in [0.15, 0.2) is 106 Å². The molecule has 0 saturated heterocycles. The van der Waals surface area contributed by atoms with Crippen molar-refractivity contribution in [1.29, 1.82) is 0 Å². The Labute approximate surface area is 220 Å². The number of nitrogens with zero attached hydrogens (tertiary/aromatic N) is 3. The number of rotatable bonds is 4. The van der Waals surface area contributed by atoms with E-state index in [9.17, 15) is 0 Å². The average Bonchev–Trinajstić information content (AvgIpc) is 3.43. The third-order valence-corrected chi connectivity index (χ3v) is 7.78. The number of aliphatic imine (C=N–C) groups is 2. The maximum atomic E-state index is 5.15. The highest BCUT2D eigenvalue weighted by Crippen LogP contribution is 2.49. The van der Waals surface area contributed by atoms with Crippen molar-refractivity contribution in [3.05, 3.63) is 113 Å². The van der Waals surface area contributed by atoms with Gasteiger partial charge in [0.25, 0.3) is 0 Å². The standard InChI is InChI=1S/C26H22N4S2.2ClH/c1-3-9-18(10-4-1)23-24(19-11-5-2-6-12-19)30-21(17-32-26(30)29-23)16-31-25-27-15-20-13-7-8-14-22(20)28-25;;/h1-14,17,23-24H,15-16H2,(H,27,28);2*1H/t23-,24-;;/m0../s1. The van der Waals surface area contributed by atoms with Crippen LogP contribution in [-0.2, 0) is 6.54 Å². The van der Waals surface area contributed by atoms with Crippen LogP contribution in [0.3, 0.4) is 0 Å². The molecule has 0 bridgehead atoms. The lowest BCUT2D eigenvalue weighted by Gasteiger charge is -2.30. The Morgan fingerprint density at radius 1 is 0.882 bits per heavy atom. The minimum atomic E-state index is 0. The van der Waals surface area contributed by atoms with Crippen LogP contribution in [0.1, 0.15) is 28.8 Å². The summed E-state index contributed by atoms with van der Waals surface area (Å²) in [6, 6.07) is 30.0. The van der Waals surface area contributed by atoms with Gasteiger partial charge in [-0.05, 0) is 28.2 Å².